The SMILES string of the molecule is CC(=O)Nc1cccc(NC(=O)CN2CCC(C)S2(=O)=O)c1. The van der Waals surface area contributed by atoms with Gasteiger partial charge in [0.05, 0.1) is 11.8 Å². The van der Waals surface area contributed by atoms with E-state index in [2.05, 4.69) is 10.6 Å². The van der Waals surface area contributed by atoms with Gasteiger partial charge in [-0.25, -0.2) is 8.42 Å². The Balaban J connectivity index is 1.99. The zero-order chi connectivity index (χ0) is 16.3. The van der Waals surface area contributed by atoms with Crippen molar-refractivity contribution in [2.45, 2.75) is 25.5 Å². The van der Waals surface area contributed by atoms with Crippen LogP contribution in [0, 0.1) is 0 Å². The summed E-state index contributed by atoms with van der Waals surface area (Å²) in [5.41, 5.74) is 1.06. The summed E-state index contributed by atoms with van der Waals surface area (Å²) in [4.78, 5) is 23.0. The van der Waals surface area contributed by atoms with Gasteiger partial charge in [-0.3, -0.25) is 9.59 Å². The number of nitrogens with zero attached hydrogens (tertiary/aromatic N) is 1. The molecule has 1 aliphatic heterocycles. The predicted molar refractivity (Wildman–Crippen MR) is 83.9 cm³/mol. The topological polar surface area (TPSA) is 95.6 Å². The van der Waals surface area contributed by atoms with Crippen LogP contribution < -0.4 is 10.6 Å². The van der Waals surface area contributed by atoms with E-state index in [1.807, 2.05) is 0 Å². The van der Waals surface area contributed by atoms with Gasteiger partial charge in [0, 0.05) is 24.8 Å². The fraction of sp³-hybridized carbons (Fsp3) is 0.429. The fourth-order valence-corrected chi connectivity index (χ4v) is 3.83. The van der Waals surface area contributed by atoms with E-state index in [9.17, 15) is 18.0 Å². The Labute approximate surface area is 129 Å². The molecule has 1 unspecified atom stereocenters. The van der Waals surface area contributed by atoms with Gasteiger partial charge in [-0.2, -0.15) is 4.31 Å². The highest BCUT2D eigenvalue weighted by Crippen LogP contribution is 2.21. The second-order valence-corrected chi connectivity index (χ2v) is 7.64. The van der Waals surface area contributed by atoms with Gasteiger partial charge in [0.15, 0.2) is 0 Å². The number of nitrogens with one attached hydrogen (secondary N) is 2. The quantitative estimate of drug-likeness (QED) is 0.863. The minimum atomic E-state index is -3.36. The number of amides is 2. The molecule has 8 heteroatoms. The zero-order valence-electron chi connectivity index (χ0n) is 12.5. The molecule has 2 N–H and O–H groups in total. The number of hydrogen-bond donors (Lipinski definition) is 2. The fourth-order valence-electron chi connectivity index (χ4n) is 2.26. The lowest BCUT2D eigenvalue weighted by atomic mass is 10.2. The van der Waals surface area contributed by atoms with Crippen LogP contribution in [0.3, 0.4) is 0 Å². The van der Waals surface area contributed by atoms with Gasteiger partial charge in [0.25, 0.3) is 0 Å². The zero-order valence-corrected chi connectivity index (χ0v) is 13.3. The molecule has 0 bridgehead atoms. The molecule has 1 aromatic rings. The molecule has 2 rings (SSSR count). The average molecular weight is 325 g/mol. The second-order valence-electron chi connectivity index (χ2n) is 5.29. The molecule has 1 aromatic carbocycles. The number of benzene rings is 1. The van der Waals surface area contributed by atoms with E-state index in [0.29, 0.717) is 24.3 Å². The van der Waals surface area contributed by atoms with Crippen LogP contribution in [0.25, 0.3) is 0 Å². The van der Waals surface area contributed by atoms with Gasteiger partial charge in [-0.15, -0.1) is 0 Å². The van der Waals surface area contributed by atoms with E-state index in [-0.39, 0.29) is 12.5 Å². The van der Waals surface area contributed by atoms with E-state index in [1.54, 1.807) is 31.2 Å². The summed E-state index contributed by atoms with van der Waals surface area (Å²) in [7, 11) is -3.36. The summed E-state index contributed by atoms with van der Waals surface area (Å²) in [5.74, 6) is -0.613. The molecule has 1 fully saturated rings. The van der Waals surface area contributed by atoms with Crippen molar-refractivity contribution < 1.29 is 18.0 Å². The summed E-state index contributed by atoms with van der Waals surface area (Å²) >= 11 is 0. The van der Waals surface area contributed by atoms with E-state index in [1.165, 1.54) is 11.2 Å². The van der Waals surface area contributed by atoms with Crippen molar-refractivity contribution in [3.05, 3.63) is 24.3 Å². The van der Waals surface area contributed by atoms with Crippen LogP contribution in [-0.2, 0) is 19.6 Å². The third kappa shape index (κ3) is 3.83. The van der Waals surface area contributed by atoms with Crippen molar-refractivity contribution in [1.82, 2.24) is 4.31 Å². The van der Waals surface area contributed by atoms with Crippen LogP contribution in [0.15, 0.2) is 24.3 Å². The van der Waals surface area contributed by atoms with Crippen LogP contribution in [0.1, 0.15) is 20.3 Å². The molecule has 0 saturated carbocycles. The number of anilines is 2. The Bertz CT molecular complexity index is 687. The maximum Gasteiger partial charge on any atom is 0.239 e. The van der Waals surface area contributed by atoms with E-state index in [4.69, 9.17) is 0 Å². The molecular formula is C14H19N3O4S. The second kappa shape index (κ2) is 6.45. The Hall–Kier alpha value is -1.93. The van der Waals surface area contributed by atoms with Crippen LogP contribution in [0.4, 0.5) is 11.4 Å². The van der Waals surface area contributed by atoms with Crippen molar-refractivity contribution in [3.63, 3.8) is 0 Å². The maximum atomic E-state index is 12.0. The number of carbonyl (C=O) groups excluding carboxylic acids is 2. The summed E-state index contributed by atoms with van der Waals surface area (Å²) in [5, 5.41) is 4.81. The van der Waals surface area contributed by atoms with E-state index < -0.39 is 21.2 Å². The Kier molecular flexibility index (Phi) is 4.82. The van der Waals surface area contributed by atoms with Crippen LogP contribution >= 0.6 is 0 Å². The highest BCUT2D eigenvalue weighted by atomic mass is 32.2. The summed E-state index contributed by atoms with van der Waals surface area (Å²) in [6.07, 6.45) is 0.535. The molecule has 0 aromatic heterocycles. The predicted octanol–water partition coefficient (Wildman–Crippen LogP) is 1.01. The molecule has 0 aliphatic carbocycles. The van der Waals surface area contributed by atoms with Crippen LogP contribution in [0.5, 0.6) is 0 Å². The first-order valence-corrected chi connectivity index (χ1v) is 8.46. The molecule has 2 amide bonds. The van der Waals surface area contributed by atoms with Crippen molar-refractivity contribution in [2.75, 3.05) is 23.7 Å². The van der Waals surface area contributed by atoms with Crippen LogP contribution in [-0.4, -0.2) is 42.9 Å². The van der Waals surface area contributed by atoms with Gasteiger partial charge >= 0.3 is 0 Å². The molecular weight excluding hydrogens is 306 g/mol. The normalized spacial score (nSPS) is 20.5. The first kappa shape index (κ1) is 16.4. The largest absolute Gasteiger partial charge is 0.326 e. The van der Waals surface area contributed by atoms with Gasteiger partial charge in [0.2, 0.25) is 21.8 Å². The molecule has 1 atom stereocenters. The smallest absolute Gasteiger partial charge is 0.239 e. The number of rotatable bonds is 4. The average Bonchev–Trinajstić information content (AvgIpc) is 2.65. The number of hydrogen-bond acceptors (Lipinski definition) is 4. The maximum absolute atomic E-state index is 12.0. The molecule has 120 valence electrons. The van der Waals surface area contributed by atoms with Crippen molar-refractivity contribution >= 4 is 33.2 Å². The van der Waals surface area contributed by atoms with Gasteiger partial charge in [0.1, 0.15) is 0 Å². The molecule has 0 spiro atoms. The first-order chi connectivity index (χ1) is 10.3. The lowest BCUT2D eigenvalue weighted by Crippen LogP contribution is -2.35. The van der Waals surface area contributed by atoms with Crippen molar-refractivity contribution in [2.24, 2.45) is 0 Å². The summed E-state index contributed by atoms with van der Waals surface area (Å²) in [6.45, 7) is 3.20. The molecule has 7 nitrogen and oxygen atoms in total. The van der Waals surface area contributed by atoms with Crippen molar-refractivity contribution in [1.29, 1.82) is 0 Å². The Morgan fingerprint density at radius 1 is 1.27 bits per heavy atom. The monoisotopic (exact) mass is 325 g/mol. The highest BCUT2D eigenvalue weighted by Gasteiger charge is 2.36. The van der Waals surface area contributed by atoms with E-state index >= 15 is 0 Å². The number of sulfonamides is 1. The number of carbonyl (C=O) groups is 2. The molecule has 0 radical (unpaired) electrons. The minimum Gasteiger partial charge on any atom is -0.326 e. The standard InChI is InChI=1S/C14H19N3O4S/c1-10-6-7-17(22(10,20)21)9-14(19)16-13-5-3-4-12(8-13)15-11(2)18/h3-5,8,10H,6-7,9H2,1-2H3,(H,15,18)(H,16,19). The van der Waals surface area contributed by atoms with Gasteiger partial charge in [-0.05, 0) is 31.5 Å². The first-order valence-electron chi connectivity index (χ1n) is 6.95. The third-order valence-electron chi connectivity index (χ3n) is 3.44. The Morgan fingerprint density at radius 3 is 2.45 bits per heavy atom. The molecule has 1 heterocycles. The Morgan fingerprint density at radius 2 is 1.91 bits per heavy atom. The van der Waals surface area contributed by atoms with Crippen LogP contribution in [0.2, 0.25) is 0 Å². The minimum absolute atomic E-state index is 0.197. The van der Waals surface area contributed by atoms with Gasteiger partial charge in [-0.1, -0.05) is 6.07 Å². The third-order valence-corrected chi connectivity index (χ3v) is 5.72. The molecule has 1 saturated heterocycles. The lowest BCUT2D eigenvalue weighted by Gasteiger charge is -2.15. The lowest BCUT2D eigenvalue weighted by molar-refractivity contribution is -0.116. The highest BCUT2D eigenvalue weighted by molar-refractivity contribution is 7.90. The van der Waals surface area contributed by atoms with E-state index in [0.717, 1.165) is 0 Å². The summed E-state index contributed by atoms with van der Waals surface area (Å²) < 4.78 is 25.1. The van der Waals surface area contributed by atoms with Gasteiger partial charge < -0.3 is 10.6 Å². The summed E-state index contributed by atoms with van der Waals surface area (Å²) in [6, 6.07) is 6.67. The molecule has 1 aliphatic rings. The van der Waals surface area contributed by atoms with Crippen molar-refractivity contribution in [3.8, 4) is 0 Å². The molecule has 22 heavy (non-hydrogen) atoms.